The first kappa shape index (κ1) is 50.0. The van der Waals surface area contributed by atoms with E-state index in [1.807, 2.05) is 13.8 Å². The van der Waals surface area contributed by atoms with Gasteiger partial charge in [0.15, 0.2) is 0 Å². The van der Waals surface area contributed by atoms with Gasteiger partial charge in [0.05, 0.1) is 12.2 Å². The van der Waals surface area contributed by atoms with E-state index in [0.717, 1.165) is 38.5 Å². The normalized spacial score (nSPS) is 30.8. The van der Waals surface area contributed by atoms with Crippen LogP contribution < -0.4 is 0 Å². The molecule has 4 N–H and O–H groups in total. The molecule has 14 heteroatoms. The van der Waals surface area contributed by atoms with Gasteiger partial charge in [0.25, 0.3) is 0 Å². The highest BCUT2D eigenvalue weighted by Crippen LogP contribution is 2.51. The Balaban J connectivity index is 0.000000380. The number of hydrogen-bond donors (Lipinski definition) is 4. The van der Waals surface area contributed by atoms with Gasteiger partial charge < -0.3 is 29.9 Å². The van der Waals surface area contributed by atoms with E-state index in [1.54, 1.807) is 6.92 Å². The van der Waals surface area contributed by atoms with Crippen molar-refractivity contribution in [1.82, 2.24) is 0 Å². The monoisotopic (exact) mass is 810 g/mol. The topological polar surface area (TPSA) is 168 Å². The molecule has 0 amide bonds. The van der Waals surface area contributed by atoms with Crippen molar-refractivity contribution in [3.05, 3.63) is 0 Å². The van der Waals surface area contributed by atoms with Crippen LogP contribution in [0.1, 0.15) is 176 Å². The van der Waals surface area contributed by atoms with E-state index in [9.17, 15) is 47.0 Å². The highest BCUT2D eigenvalue weighted by atomic mass is 19.3. The van der Waals surface area contributed by atoms with Gasteiger partial charge in [-0.25, -0.2) is 17.6 Å². The summed E-state index contributed by atoms with van der Waals surface area (Å²) < 4.78 is 69.1. The maximum Gasteiger partial charge on any atom is 0.303 e. The molecule has 0 bridgehead atoms. The van der Waals surface area contributed by atoms with Crippen LogP contribution in [0.4, 0.5) is 17.6 Å². The number of carbonyl (C=O) groups is 4. The second-order valence-corrected chi connectivity index (χ2v) is 16.8. The SMILES string of the molecule is C.CCCCC(F)(F)[C@@]1(O)CC[C@H]2[C@@H](CC(=O)[C@@H]2CCCCCCC(=O)O)O1.CC[C@H](C)CC(F)(F)[C@@]1(O)CC[C@H]2[C@@H](CC(=O)[C@@H]2CCCCCCC(=O)O)O1. The summed E-state index contributed by atoms with van der Waals surface area (Å²) in [6, 6.07) is 0. The molecule has 0 unspecified atom stereocenters. The zero-order valence-electron chi connectivity index (χ0n) is 33.1. The Morgan fingerprint density at radius 2 is 1.12 bits per heavy atom. The lowest BCUT2D eigenvalue weighted by molar-refractivity contribution is -0.358. The van der Waals surface area contributed by atoms with Gasteiger partial charge in [-0.1, -0.05) is 79.6 Å². The first-order valence-electron chi connectivity index (χ1n) is 20.8. The molecule has 2 aliphatic carbocycles. The molecule has 2 saturated heterocycles. The number of halogens is 4. The smallest absolute Gasteiger partial charge is 0.303 e. The summed E-state index contributed by atoms with van der Waals surface area (Å²) in [6.45, 7) is 5.39. The molecule has 10 nitrogen and oxygen atoms in total. The van der Waals surface area contributed by atoms with Crippen LogP contribution in [0.2, 0.25) is 0 Å². The molecule has 0 aromatic rings. The van der Waals surface area contributed by atoms with Gasteiger partial charge in [-0.3, -0.25) is 19.2 Å². The third-order valence-corrected chi connectivity index (χ3v) is 12.5. The molecular formula is C42H70F4O10. The summed E-state index contributed by atoms with van der Waals surface area (Å²) in [5.74, 6) is -13.9. The highest BCUT2D eigenvalue weighted by Gasteiger charge is 2.61. The molecule has 0 spiro atoms. The van der Waals surface area contributed by atoms with Crippen LogP contribution in [0.15, 0.2) is 0 Å². The van der Waals surface area contributed by atoms with Crippen molar-refractivity contribution in [1.29, 1.82) is 0 Å². The number of rotatable bonds is 22. The molecule has 56 heavy (non-hydrogen) atoms. The van der Waals surface area contributed by atoms with Crippen molar-refractivity contribution in [2.24, 2.45) is 29.6 Å². The lowest BCUT2D eigenvalue weighted by Crippen LogP contribution is -2.56. The molecule has 2 saturated carbocycles. The molecule has 326 valence electrons. The van der Waals surface area contributed by atoms with Gasteiger partial charge in [0.1, 0.15) is 11.6 Å². The average molecular weight is 811 g/mol. The Morgan fingerprint density at radius 1 is 0.714 bits per heavy atom. The van der Waals surface area contributed by atoms with Crippen LogP contribution in [0, 0.1) is 29.6 Å². The van der Waals surface area contributed by atoms with E-state index in [2.05, 4.69) is 0 Å². The van der Waals surface area contributed by atoms with Crippen LogP contribution in [0.25, 0.3) is 0 Å². The predicted molar refractivity (Wildman–Crippen MR) is 202 cm³/mol. The number of ketones is 2. The van der Waals surface area contributed by atoms with Gasteiger partial charge in [0.2, 0.25) is 11.6 Å². The van der Waals surface area contributed by atoms with Crippen LogP contribution in [0.5, 0.6) is 0 Å². The highest BCUT2D eigenvalue weighted by molar-refractivity contribution is 5.85. The number of aliphatic hydroxyl groups is 2. The van der Waals surface area contributed by atoms with Crippen LogP contribution in [-0.2, 0) is 28.7 Å². The minimum atomic E-state index is -3.33. The van der Waals surface area contributed by atoms with Crippen molar-refractivity contribution < 1.29 is 66.6 Å². The lowest BCUT2D eigenvalue weighted by Gasteiger charge is -2.44. The van der Waals surface area contributed by atoms with E-state index < -0.39 is 60.4 Å². The number of alkyl halides is 4. The molecular weight excluding hydrogens is 740 g/mol. The first-order chi connectivity index (χ1) is 25.8. The number of fused-ring (bicyclic) bond motifs is 2. The Kier molecular flexibility index (Phi) is 19.9. The lowest BCUT2D eigenvalue weighted by atomic mass is 9.81. The number of aliphatic carboxylic acids is 2. The largest absolute Gasteiger partial charge is 0.481 e. The molecule has 0 aromatic heterocycles. The molecule has 4 aliphatic rings. The maximum absolute atomic E-state index is 14.7. The summed E-state index contributed by atoms with van der Waals surface area (Å²) >= 11 is 0. The van der Waals surface area contributed by atoms with E-state index in [0.29, 0.717) is 57.8 Å². The van der Waals surface area contributed by atoms with Crippen LogP contribution >= 0.6 is 0 Å². The fraction of sp³-hybridized carbons (Fsp3) is 0.905. The van der Waals surface area contributed by atoms with Crippen LogP contribution in [-0.4, -0.2) is 79.6 Å². The number of hydrogen-bond acceptors (Lipinski definition) is 8. The molecule has 0 radical (unpaired) electrons. The quantitative estimate of drug-likeness (QED) is 0.0611. The number of ether oxygens (including phenoxy) is 2. The second-order valence-electron chi connectivity index (χ2n) is 16.8. The maximum atomic E-state index is 14.7. The minimum Gasteiger partial charge on any atom is -0.481 e. The van der Waals surface area contributed by atoms with Gasteiger partial charge in [-0.05, 0) is 62.7 Å². The summed E-state index contributed by atoms with van der Waals surface area (Å²) in [5, 5.41) is 38.2. The Morgan fingerprint density at radius 3 is 1.52 bits per heavy atom. The molecule has 0 aromatic carbocycles. The van der Waals surface area contributed by atoms with Crippen molar-refractivity contribution in [2.45, 2.75) is 212 Å². The van der Waals surface area contributed by atoms with Gasteiger partial charge >= 0.3 is 23.8 Å². The number of carbonyl (C=O) groups excluding carboxylic acids is 2. The Labute approximate surface area is 330 Å². The summed E-state index contributed by atoms with van der Waals surface area (Å²) in [4.78, 5) is 45.8. The van der Waals surface area contributed by atoms with E-state index in [4.69, 9.17) is 19.7 Å². The fourth-order valence-electron chi connectivity index (χ4n) is 8.99. The summed E-state index contributed by atoms with van der Waals surface area (Å²) in [6.07, 6.45) is 7.95. The molecule has 4 fully saturated rings. The zero-order valence-corrected chi connectivity index (χ0v) is 33.1. The van der Waals surface area contributed by atoms with Crippen molar-refractivity contribution in [3.63, 3.8) is 0 Å². The predicted octanol–water partition coefficient (Wildman–Crippen LogP) is 9.50. The van der Waals surface area contributed by atoms with E-state index >= 15 is 0 Å². The molecule has 2 aliphatic heterocycles. The third-order valence-electron chi connectivity index (χ3n) is 12.5. The molecule has 2 heterocycles. The zero-order chi connectivity index (χ0) is 41.0. The standard InChI is InChI=1S/C21H34F2O5.C20H32F2O5.CH4/c1-3-14(2)13-20(22,23)21(27)11-10-16-15(17(24)12-18(16)28-21)8-6-4-5-7-9-19(25)26;1-2-3-11-19(21,22)20(26)12-10-15-14(16(23)13-17(15)27-20)8-6-4-5-7-9-18(24)25;/h14-16,18,27H,3-13H2,1-2H3,(H,25,26);14-15,17,26H,2-13H2,1H3,(H,24,25);1H4/t14-,15+,16+,18+,21+;14-,15-,17-,20-;/m01./s1. The summed E-state index contributed by atoms with van der Waals surface area (Å²) in [7, 11) is 0. The van der Waals surface area contributed by atoms with Gasteiger partial charge in [-0.15, -0.1) is 0 Å². The van der Waals surface area contributed by atoms with Gasteiger partial charge in [0, 0.05) is 63.2 Å². The number of carboxylic acid groups (broad SMARTS) is 2. The van der Waals surface area contributed by atoms with E-state index in [-0.39, 0.29) is 87.1 Å². The number of carboxylic acids is 2. The molecule has 9 atom stereocenters. The first-order valence-corrected chi connectivity index (χ1v) is 20.8. The van der Waals surface area contributed by atoms with Crippen molar-refractivity contribution in [2.75, 3.05) is 0 Å². The fourth-order valence-corrected chi connectivity index (χ4v) is 8.99. The molecule has 4 rings (SSSR count). The second kappa shape index (κ2) is 22.3. The minimum absolute atomic E-state index is 0. The number of unbranched alkanes of at least 4 members (excludes halogenated alkanes) is 7. The van der Waals surface area contributed by atoms with Gasteiger partial charge in [-0.2, -0.15) is 0 Å². The summed E-state index contributed by atoms with van der Waals surface area (Å²) in [5.41, 5.74) is 0. The Hall–Kier alpha value is -2.16. The van der Waals surface area contributed by atoms with Crippen molar-refractivity contribution >= 4 is 23.5 Å². The number of Topliss-reactive ketones (excluding diaryl/α,β-unsaturated/α-hetero) is 2. The average Bonchev–Trinajstić information content (AvgIpc) is 3.58. The Bertz CT molecular complexity index is 1270. The van der Waals surface area contributed by atoms with Crippen molar-refractivity contribution in [3.8, 4) is 0 Å². The van der Waals surface area contributed by atoms with E-state index in [1.165, 1.54) is 0 Å². The third kappa shape index (κ3) is 13.4. The van der Waals surface area contributed by atoms with Crippen LogP contribution in [0.3, 0.4) is 0 Å².